The molecule has 0 spiro atoms. The third-order valence-electron chi connectivity index (χ3n) is 10.6. The van der Waals surface area contributed by atoms with Gasteiger partial charge in [-0.1, -0.05) is 188 Å². The van der Waals surface area contributed by atoms with Crippen LogP contribution in [0, 0.1) is 0 Å². The first-order valence-corrected chi connectivity index (χ1v) is 20.0. The first-order chi connectivity index (χ1) is 29.7. The van der Waals surface area contributed by atoms with Gasteiger partial charge in [0.25, 0.3) is 0 Å². The number of nitrogens with zero attached hydrogens (tertiary/aromatic N) is 5. The van der Waals surface area contributed by atoms with Crippen LogP contribution in [0.5, 0.6) is 0 Å². The molecule has 0 aliphatic carbocycles. The molecule has 0 fully saturated rings. The Bertz CT molecular complexity index is 2950. The van der Waals surface area contributed by atoms with Gasteiger partial charge in [0.05, 0.1) is 28.5 Å². The molecule has 282 valence electrons. The molecule has 0 saturated heterocycles. The second kappa shape index (κ2) is 16.4. The number of pyridine rings is 1. The second-order valence-corrected chi connectivity index (χ2v) is 14.5. The molecular weight excluding hydrogens is 731 g/mol. The van der Waals surface area contributed by atoms with Gasteiger partial charge in [0.2, 0.25) is 0 Å². The van der Waals surface area contributed by atoms with Crippen LogP contribution < -0.4 is 0 Å². The highest BCUT2D eigenvalue weighted by Crippen LogP contribution is 2.43. The van der Waals surface area contributed by atoms with E-state index in [9.17, 15) is 0 Å². The van der Waals surface area contributed by atoms with E-state index in [1.165, 1.54) is 0 Å². The largest absolute Gasteiger partial charge is 0.256 e. The maximum Gasteiger partial charge on any atom is 0.161 e. The minimum absolute atomic E-state index is 0.643. The summed E-state index contributed by atoms with van der Waals surface area (Å²) in [6.07, 6.45) is 1.84. The van der Waals surface area contributed by atoms with E-state index >= 15 is 0 Å². The molecule has 0 bridgehead atoms. The van der Waals surface area contributed by atoms with Crippen molar-refractivity contribution < 1.29 is 0 Å². The monoisotopic (exact) mass is 767 g/mol. The predicted octanol–water partition coefficient (Wildman–Crippen LogP) is 13.7. The quantitative estimate of drug-likeness (QED) is 0.146. The van der Waals surface area contributed by atoms with E-state index in [-0.39, 0.29) is 0 Å². The fourth-order valence-corrected chi connectivity index (χ4v) is 7.69. The van der Waals surface area contributed by atoms with Gasteiger partial charge < -0.3 is 0 Å². The Balaban J connectivity index is 1.20. The van der Waals surface area contributed by atoms with Crippen molar-refractivity contribution in [1.82, 2.24) is 24.9 Å². The number of aromatic nitrogens is 5. The highest BCUT2D eigenvalue weighted by molar-refractivity contribution is 5.97. The lowest BCUT2D eigenvalue weighted by atomic mass is 9.87. The summed E-state index contributed by atoms with van der Waals surface area (Å²) in [7, 11) is 0. The van der Waals surface area contributed by atoms with E-state index in [2.05, 4.69) is 127 Å². The summed E-state index contributed by atoms with van der Waals surface area (Å²) in [6.45, 7) is 0. The normalized spacial score (nSPS) is 11.0. The molecule has 3 aromatic heterocycles. The predicted molar refractivity (Wildman–Crippen MR) is 244 cm³/mol. The molecular formula is C55H37N5. The van der Waals surface area contributed by atoms with E-state index in [0.717, 1.165) is 89.7 Å². The lowest BCUT2D eigenvalue weighted by molar-refractivity contribution is 1.18. The molecule has 0 unspecified atom stereocenters. The zero-order valence-corrected chi connectivity index (χ0v) is 32.6. The van der Waals surface area contributed by atoms with Gasteiger partial charge >= 0.3 is 0 Å². The number of hydrogen-bond acceptors (Lipinski definition) is 5. The molecule has 7 aromatic carbocycles. The molecule has 5 nitrogen and oxygen atoms in total. The van der Waals surface area contributed by atoms with Crippen LogP contribution in [-0.2, 0) is 0 Å². The summed E-state index contributed by atoms with van der Waals surface area (Å²) in [5, 5.41) is 0. The van der Waals surface area contributed by atoms with Crippen molar-refractivity contribution in [2.24, 2.45) is 0 Å². The first kappa shape index (κ1) is 36.2. The average molecular weight is 768 g/mol. The van der Waals surface area contributed by atoms with E-state index in [1.807, 2.05) is 97.2 Å². The molecule has 0 saturated carbocycles. The molecule has 0 aliphatic heterocycles. The van der Waals surface area contributed by atoms with Crippen LogP contribution in [0.15, 0.2) is 225 Å². The van der Waals surface area contributed by atoms with Gasteiger partial charge in [-0.2, -0.15) is 0 Å². The molecule has 0 aliphatic rings. The molecule has 5 heteroatoms. The van der Waals surface area contributed by atoms with Gasteiger partial charge in [-0.3, -0.25) is 4.98 Å². The van der Waals surface area contributed by atoms with Crippen LogP contribution >= 0.6 is 0 Å². The SMILES string of the molecule is c1ccc(-c2cc(-c3ccccc3-c3ccc(-c4ccccn4)cc3-c3ccccc3-c3nc(-c4ccccc4)cc(-c4ccccc4)n3)nc(-c3ccccc3)n2)cc1. The Morgan fingerprint density at radius 2 is 0.633 bits per heavy atom. The minimum Gasteiger partial charge on any atom is -0.256 e. The molecule has 60 heavy (non-hydrogen) atoms. The zero-order valence-electron chi connectivity index (χ0n) is 32.6. The molecule has 0 amide bonds. The Morgan fingerprint density at radius 3 is 1.18 bits per heavy atom. The molecule has 10 aromatic rings. The molecule has 0 N–H and O–H groups in total. The fourth-order valence-electron chi connectivity index (χ4n) is 7.69. The van der Waals surface area contributed by atoms with Gasteiger partial charge in [-0.25, -0.2) is 19.9 Å². The van der Waals surface area contributed by atoms with Gasteiger partial charge in [-0.05, 0) is 52.6 Å². The first-order valence-electron chi connectivity index (χ1n) is 20.0. The van der Waals surface area contributed by atoms with Crippen LogP contribution in [0.3, 0.4) is 0 Å². The minimum atomic E-state index is 0.643. The molecule has 0 radical (unpaired) electrons. The summed E-state index contributed by atoms with van der Waals surface area (Å²) in [5.74, 6) is 1.31. The summed E-state index contributed by atoms with van der Waals surface area (Å²) < 4.78 is 0. The lowest BCUT2D eigenvalue weighted by Crippen LogP contribution is -1.99. The Kier molecular flexibility index (Phi) is 9.88. The standard InChI is InChI=1S/C55H37N5/c1-5-19-38(20-6-1)50-36-51(39-21-7-2-8-22-39)59-55(58-50)47-30-16-14-28-44(47)48-35-42(49-31-17-18-34-56-49)32-33-45(48)43-27-13-15-29-46(43)53-37-52(40-23-9-3-10-24-40)57-54(60-53)41-25-11-4-12-26-41/h1-37H. The smallest absolute Gasteiger partial charge is 0.161 e. The third kappa shape index (κ3) is 7.39. The molecule has 10 rings (SSSR count). The Morgan fingerprint density at radius 1 is 0.217 bits per heavy atom. The summed E-state index contributed by atoms with van der Waals surface area (Å²) >= 11 is 0. The lowest BCUT2D eigenvalue weighted by Gasteiger charge is -2.19. The van der Waals surface area contributed by atoms with Crippen LogP contribution in [0.1, 0.15) is 0 Å². The van der Waals surface area contributed by atoms with Gasteiger partial charge in [0, 0.05) is 45.1 Å². The highest BCUT2D eigenvalue weighted by Gasteiger charge is 2.21. The van der Waals surface area contributed by atoms with E-state index in [0.29, 0.717) is 11.6 Å². The fraction of sp³-hybridized carbons (Fsp3) is 0. The average Bonchev–Trinajstić information content (AvgIpc) is 3.35. The Labute approximate surface area is 349 Å². The highest BCUT2D eigenvalue weighted by atomic mass is 14.9. The van der Waals surface area contributed by atoms with Crippen LogP contribution in [0.25, 0.3) is 101 Å². The maximum absolute atomic E-state index is 5.27. The zero-order chi connectivity index (χ0) is 40.1. The van der Waals surface area contributed by atoms with Crippen LogP contribution in [0.4, 0.5) is 0 Å². The van der Waals surface area contributed by atoms with Crippen molar-refractivity contribution in [3.8, 4) is 101 Å². The second-order valence-electron chi connectivity index (χ2n) is 14.5. The summed E-state index contributed by atoms with van der Waals surface area (Å²) in [6, 6.07) is 74.9. The third-order valence-corrected chi connectivity index (χ3v) is 10.6. The molecule has 0 atom stereocenters. The van der Waals surface area contributed by atoms with Crippen LogP contribution in [0.2, 0.25) is 0 Å². The van der Waals surface area contributed by atoms with Crippen molar-refractivity contribution >= 4 is 0 Å². The van der Waals surface area contributed by atoms with E-state index < -0.39 is 0 Å². The Hall–Kier alpha value is -8.15. The van der Waals surface area contributed by atoms with E-state index in [4.69, 9.17) is 24.9 Å². The van der Waals surface area contributed by atoms with Gasteiger partial charge in [0.15, 0.2) is 11.6 Å². The van der Waals surface area contributed by atoms with Gasteiger partial charge in [-0.15, -0.1) is 0 Å². The van der Waals surface area contributed by atoms with Crippen LogP contribution in [-0.4, -0.2) is 24.9 Å². The van der Waals surface area contributed by atoms with Gasteiger partial charge in [0.1, 0.15) is 0 Å². The van der Waals surface area contributed by atoms with Crippen molar-refractivity contribution in [2.45, 2.75) is 0 Å². The summed E-state index contributed by atoms with van der Waals surface area (Å²) in [4.78, 5) is 25.6. The van der Waals surface area contributed by atoms with Crippen molar-refractivity contribution in [2.75, 3.05) is 0 Å². The van der Waals surface area contributed by atoms with Crippen molar-refractivity contribution in [3.63, 3.8) is 0 Å². The molecule has 3 heterocycles. The number of benzene rings is 7. The maximum atomic E-state index is 5.27. The number of rotatable bonds is 9. The van der Waals surface area contributed by atoms with Crippen molar-refractivity contribution in [1.29, 1.82) is 0 Å². The van der Waals surface area contributed by atoms with E-state index in [1.54, 1.807) is 0 Å². The summed E-state index contributed by atoms with van der Waals surface area (Å²) in [5.41, 5.74) is 15.3. The topological polar surface area (TPSA) is 64.5 Å². The number of hydrogen-bond donors (Lipinski definition) is 0. The van der Waals surface area contributed by atoms with Crippen molar-refractivity contribution in [3.05, 3.63) is 225 Å².